The van der Waals surface area contributed by atoms with Crippen molar-refractivity contribution in [2.75, 3.05) is 19.0 Å². The van der Waals surface area contributed by atoms with Gasteiger partial charge in [-0.3, -0.25) is 0 Å². The van der Waals surface area contributed by atoms with E-state index in [1.807, 2.05) is 42.0 Å². The first-order valence-electron chi connectivity index (χ1n) is 10.4. The lowest BCUT2D eigenvalue weighted by Crippen LogP contribution is -2.41. The Morgan fingerprint density at radius 2 is 2.03 bits per heavy atom. The number of ether oxygens (including phenoxy) is 1. The smallest absolute Gasteiger partial charge is 0.241 e. The van der Waals surface area contributed by atoms with Crippen LogP contribution in [-0.4, -0.2) is 48.9 Å². The Labute approximate surface area is 175 Å². The molecule has 8 nitrogen and oxygen atoms in total. The second-order valence-corrected chi connectivity index (χ2v) is 8.90. The highest BCUT2D eigenvalue weighted by Crippen LogP contribution is 2.41. The van der Waals surface area contributed by atoms with Gasteiger partial charge in [0.2, 0.25) is 5.95 Å². The molecule has 0 bridgehead atoms. The molecule has 1 saturated carbocycles. The molecule has 0 spiro atoms. The van der Waals surface area contributed by atoms with E-state index < -0.39 is 0 Å². The number of imidazole rings is 1. The van der Waals surface area contributed by atoms with Crippen LogP contribution >= 0.6 is 0 Å². The zero-order valence-electron chi connectivity index (χ0n) is 17.9. The summed E-state index contributed by atoms with van der Waals surface area (Å²) in [6, 6.07) is 6.52. The number of pyridine rings is 1. The fourth-order valence-corrected chi connectivity index (χ4v) is 4.46. The number of methoxy groups -OCH3 is 1. The molecule has 4 aromatic rings. The van der Waals surface area contributed by atoms with Crippen molar-refractivity contribution >= 4 is 22.6 Å². The van der Waals surface area contributed by atoms with Gasteiger partial charge in [-0.05, 0) is 43.4 Å². The first-order chi connectivity index (χ1) is 14.4. The third-order valence-electron chi connectivity index (χ3n) is 5.93. The van der Waals surface area contributed by atoms with Gasteiger partial charge in [0.15, 0.2) is 5.65 Å². The van der Waals surface area contributed by atoms with E-state index in [1.165, 1.54) is 0 Å². The molecule has 1 aliphatic carbocycles. The molecule has 4 aromatic heterocycles. The Morgan fingerprint density at radius 3 is 2.80 bits per heavy atom. The monoisotopic (exact) mass is 405 g/mol. The van der Waals surface area contributed by atoms with Crippen molar-refractivity contribution < 1.29 is 4.74 Å². The molecule has 0 unspecified atom stereocenters. The van der Waals surface area contributed by atoms with Gasteiger partial charge in [0, 0.05) is 31.5 Å². The molecule has 1 N–H and O–H groups in total. The summed E-state index contributed by atoms with van der Waals surface area (Å²) in [6.07, 6.45) is 6.12. The molecule has 4 heterocycles. The maximum Gasteiger partial charge on any atom is 0.241 e. The lowest BCUT2D eigenvalue weighted by atomic mass is 9.68. The second kappa shape index (κ2) is 7.05. The third-order valence-corrected chi connectivity index (χ3v) is 5.93. The van der Waals surface area contributed by atoms with Crippen molar-refractivity contribution in [3.05, 3.63) is 36.4 Å². The lowest BCUT2D eigenvalue weighted by Gasteiger charge is -2.42. The predicted molar refractivity (Wildman–Crippen MR) is 117 cm³/mol. The molecule has 8 heteroatoms. The average Bonchev–Trinajstić information content (AvgIpc) is 3.24. The van der Waals surface area contributed by atoms with Gasteiger partial charge < -0.3 is 14.6 Å². The van der Waals surface area contributed by atoms with Crippen LogP contribution < -0.4 is 5.32 Å². The van der Waals surface area contributed by atoms with Crippen LogP contribution in [0.2, 0.25) is 0 Å². The summed E-state index contributed by atoms with van der Waals surface area (Å²) in [5.41, 5.74) is 5.00. The Bertz CT molecular complexity index is 1220. The van der Waals surface area contributed by atoms with Crippen LogP contribution in [-0.2, 0) is 11.3 Å². The minimum atomic E-state index is 0.417. The van der Waals surface area contributed by atoms with Gasteiger partial charge in [-0.2, -0.15) is 0 Å². The number of nitrogens with one attached hydrogen (secondary N) is 1. The van der Waals surface area contributed by atoms with Crippen LogP contribution in [0, 0.1) is 12.3 Å². The zero-order valence-corrected chi connectivity index (χ0v) is 17.9. The van der Waals surface area contributed by atoms with E-state index in [0.717, 1.165) is 53.1 Å². The van der Waals surface area contributed by atoms with Gasteiger partial charge in [-0.25, -0.2) is 19.5 Å². The van der Waals surface area contributed by atoms with Crippen LogP contribution in [0.15, 0.2) is 30.6 Å². The molecule has 0 amide bonds. The molecule has 30 heavy (non-hydrogen) atoms. The first kappa shape index (κ1) is 19.0. The summed E-state index contributed by atoms with van der Waals surface area (Å²) in [4.78, 5) is 14.1. The molecule has 0 aliphatic heterocycles. The van der Waals surface area contributed by atoms with Crippen molar-refractivity contribution in [3.63, 3.8) is 0 Å². The average molecular weight is 406 g/mol. The molecular weight excluding hydrogens is 378 g/mol. The van der Waals surface area contributed by atoms with E-state index in [4.69, 9.17) is 9.72 Å². The highest BCUT2D eigenvalue weighted by Gasteiger charge is 2.36. The third kappa shape index (κ3) is 3.31. The van der Waals surface area contributed by atoms with E-state index >= 15 is 0 Å². The Morgan fingerprint density at radius 1 is 1.20 bits per heavy atom. The number of hydrogen-bond donors (Lipinski definition) is 1. The van der Waals surface area contributed by atoms with E-state index in [0.29, 0.717) is 24.0 Å². The molecule has 1 fully saturated rings. The summed E-state index contributed by atoms with van der Waals surface area (Å²) in [5.74, 6) is 1.61. The standard InChI is InChI=1S/C22H27N7O/c1-14-24-18-6-5-17(26-20(18)28(14)9-10-30-4)16-7-8-29-19(16)13-23-21(27-29)25-15-11-22(2,3)12-15/h5-8,13,15H,9-12H2,1-4H3,(H,25,27). The van der Waals surface area contributed by atoms with Gasteiger partial charge in [-0.15, -0.1) is 5.10 Å². The molecule has 156 valence electrons. The maximum absolute atomic E-state index is 5.24. The Hall–Kier alpha value is -3.00. The second-order valence-electron chi connectivity index (χ2n) is 8.90. The number of nitrogens with zero attached hydrogens (tertiary/aromatic N) is 6. The zero-order chi connectivity index (χ0) is 20.9. The SMILES string of the molecule is COCCn1c(C)nc2ccc(-c3ccn4nc(NC5CC(C)(C)C5)ncc34)nc21. The largest absolute Gasteiger partial charge is 0.383 e. The molecule has 0 saturated heterocycles. The van der Waals surface area contributed by atoms with E-state index in [2.05, 4.69) is 38.8 Å². The summed E-state index contributed by atoms with van der Waals surface area (Å²) in [5, 5.41) is 8.10. The number of rotatable bonds is 6. The van der Waals surface area contributed by atoms with Crippen molar-refractivity contribution in [2.24, 2.45) is 5.41 Å². The van der Waals surface area contributed by atoms with Gasteiger partial charge in [0.25, 0.3) is 0 Å². The number of anilines is 1. The van der Waals surface area contributed by atoms with Crippen molar-refractivity contribution in [1.82, 2.24) is 29.1 Å². The molecule has 0 aromatic carbocycles. The molecule has 1 aliphatic rings. The first-order valence-corrected chi connectivity index (χ1v) is 10.4. The van der Waals surface area contributed by atoms with Crippen molar-refractivity contribution in [2.45, 2.75) is 46.2 Å². The molecule has 0 radical (unpaired) electrons. The van der Waals surface area contributed by atoms with Crippen LogP contribution in [0.4, 0.5) is 5.95 Å². The fourth-order valence-electron chi connectivity index (χ4n) is 4.46. The van der Waals surface area contributed by atoms with E-state index in [-0.39, 0.29) is 0 Å². The van der Waals surface area contributed by atoms with Crippen molar-refractivity contribution in [3.8, 4) is 11.3 Å². The Balaban J connectivity index is 1.46. The Kier molecular flexibility index (Phi) is 4.47. The molecule has 0 atom stereocenters. The van der Waals surface area contributed by atoms with Gasteiger partial charge in [-0.1, -0.05) is 13.8 Å². The fraction of sp³-hybridized carbons (Fsp3) is 0.455. The number of aryl methyl sites for hydroxylation is 1. The van der Waals surface area contributed by atoms with Crippen LogP contribution in [0.25, 0.3) is 27.9 Å². The highest BCUT2D eigenvalue weighted by molar-refractivity contribution is 5.82. The van der Waals surface area contributed by atoms with Crippen LogP contribution in [0.1, 0.15) is 32.5 Å². The van der Waals surface area contributed by atoms with Crippen LogP contribution in [0.3, 0.4) is 0 Å². The van der Waals surface area contributed by atoms with E-state index in [9.17, 15) is 0 Å². The van der Waals surface area contributed by atoms with Gasteiger partial charge >= 0.3 is 0 Å². The van der Waals surface area contributed by atoms with Gasteiger partial charge in [0.05, 0.1) is 24.0 Å². The predicted octanol–water partition coefficient (Wildman–Crippen LogP) is 3.70. The minimum Gasteiger partial charge on any atom is -0.383 e. The summed E-state index contributed by atoms with van der Waals surface area (Å²) >= 11 is 0. The van der Waals surface area contributed by atoms with Crippen molar-refractivity contribution in [1.29, 1.82) is 0 Å². The molecule has 5 rings (SSSR count). The lowest BCUT2D eigenvalue weighted by molar-refractivity contribution is 0.167. The van der Waals surface area contributed by atoms with Crippen LogP contribution in [0.5, 0.6) is 0 Å². The number of hydrogen-bond acceptors (Lipinski definition) is 6. The summed E-state index contributed by atoms with van der Waals surface area (Å²) < 4.78 is 9.20. The van der Waals surface area contributed by atoms with E-state index in [1.54, 1.807) is 7.11 Å². The minimum absolute atomic E-state index is 0.417. The number of fused-ring (bicyclic) bond motifs is 2. The number of aromatic nitrogens is 6. The topological polar surface area (TPSA) is 82.2 Å². The highest BCUT2D eigenvalue weighted by atomic mass is 16.5. The summed E-state index contributed by atoms with van der Waals surface area (Å²) in [7, 11) is 1.70. The maximum atomic E-state index is 5.24. The van der Waals surface area contributed by atoms with Gasteiger partial charge in [0.1, 0.15) is 11.3 Å². The quantitative estimate of drug-likeness (QED) is 0.527. The molecular formula is C22H27N7O. The summed E-state index contributed by atoms with van der Waals surface area (Å²) in [6.45, 7) is 7.92. The normalized spacial score (nSPS) is 16.3.